The van der Waals surface area contributed by atoms with E-state index in [0.717, 1.165) is 35.0 Å². The molecule has 1 fully saturated rings. The second kappa shape index (κ2) is 8.49. The Bertz CT molecular complexity index is 1050. The standard InChI is InChI=1S/C24H25BrO3S/c1-3-16(12-15-5-9-18(25)10-6-15)20-13-19(26)23(24(27)28-20)22(17-7-8-17)21-11-4-14(2)29-21/h4-6,9-11,13,16-17,22,26H,3,7-8,12H2,1-2H3. The molecule has 2 unspecified atom stereocenters. The summed E-state index contributed by atoms with van der Waals surface area (Å²) in [5.74, 6) is 1.04. The van der Waals surface area contributed by atoms with Crippen LogP contribution in [0.3, 0.4) is 0 Å². The highest BCUT2D eigenvalue weighted by Crippen LogP contribution is 2.49. The Morgan fingerprint density at radius 2 is 1.93 bits per heavy atom. The molecule has 1 aliphatic rings. The maximum Gasteiger partial charge on any atom is 0.343 e. The number of hydrogen-bond donors (Lipinski definition) is 1. The van der Waals surface area contributed by atoms with Crippen molar-refractivity contribution in [2.24, 2.45) is 5.92 Å². The predicted octanol–water partition coefficient (Wildman–Crippen LogP) is 6.76. The molecule has 1 aromatic carbocycles. The van der Waals surface area contributed by atoms with Crippen molar-refractivity contribution in [3.8, 4) is 5.75 Å². The number of halogens is 1. The van der Waals surface area contributed by atoms with Crippen molar-refractivity contribution in [2.45, 2.75) is 51.4 Å². The van der Waals surface area contributed by atoms with E-state index in [1.807, 2.05) is 12.1 Å². The van der Waals surface area contributed by atoms with Gasteiger partial charge in [0.1, 0.15) is 11.5 Å². The van der Waals surface area contributed by atoms with Gasteiger partial charge in [0.2, 0.25) is 0 Å². The van der Waals surface area contributed by atoms with Gasteiger partial charge in [0.15, 0.2) is 0 Å². The normalized spacial score (nSPS) is 16.0. The first-order valence-corrected chi connectivity index (χ1v) is 11.7. The molecular weight excluding hydrogens is 448 g/mol. The van der Waals surface area contributed by atoms with Gasteiger partial charge >= 0.3 is 5.63 Å². The highest BCUT2D eigenvalue weighted by molar-refractivity contribution is 9.10. The average molecular weight is 473 g/mol. The van der Waals surface area contributed by atoms with Crippen LogP contribution in [-0.2, 0) is 6.42 Å². The second-order valence-corrected chi connectivity index (χ2v) is 10.2. The molecular formula is C24H25BrO3S. The van der Waals surface area contributed by atoms with Crippen molar-refractivity contribution >= 4 is 27.3 Å². The summed E-state index contributed by atoms with van der Waals surface area (Å²) < 4.78 is 6.84. The molecule has 0 amide bonds. The van der Waals surface area contributed by atoms with E-state index in [0.29, 0.717) is 17.2 Å². The van der Waals surface area contributed by atoms with Gasteiger partial charge in [0.25, 0.3) is 0 Å². The molecule has 2 atom stereocenters. The Labute approximate surface area is 183 Å². The fraction of sp³-hybridized carbons (Fsp3) is 0.375. The number of benzene rings is 1. The van der Waals surface area contributed by atoms with Crippen LogP contribution < -0.4 is 5.63 Å². The molecule has 152 valence electrons. The monoisotopic (exact) mass is 472 g/mol. The topological polar surface area (TPSA) is 50.4 Å². The molecule has 4 rings (SSSR count). The van der Waals surface area contributed by atoms with Gasteiger partial charge in [-0.3, -0.25) is 0 Å². The number of aryl methyl sites for hydroxylation is 1. The van der Waals surface area contributed by atoms with E-state index in [9.17, 15) is 9.90 Å². The van der Waals surface area contributed by atoms with Crippen LogP contribution in [0.2, 0.25) is 0 Å². The van der Waals surface area contributed by atoms with E-state index in [1.54, 1.807) is 17.4 Å². The minimum absolute atomic E-state index is 0.0483. The minimum atomic E-state index is -0.391. The fourth-order valence-electron chi connectivity index (χ4n) is 4.01. The molecule has 2 aromatic heterocycles. The lowest BCUT2D eigenvalue weighted by Crippen LogP contribution is -2.17. The average Bonchev–Trinajstić information content (AvgIpc) is 3.44. The number of rotatable bonds is 7. The molecule has 0 aliphatic heterocycles. The quantitative estimate of drug-likeness (QED) is 0.413. The molecule has 0 radical (unpaired) electrons. The SMILES string of the molecule is CCC(Cc1ccc(Br)cc1)c1cc(O)c(C(c2ccc(C)s2)C2CC2)c(=O)o1. The Hall–Kier alpha value is -1.85. The van der Waals surface area contributed by atoms with E-state index >= 15 is 0 Å². The first-order valence-electron chi connectivity index (χ1n) is 10.1. The van der Waals surface area contributed by atoms with E-state index in [1.165, 1.54) is 10.4 Å². The van der Waals surface area contributed by atoms with Crippen molar-refractivity contribution in [3.63, 3.8) is 0 Å². The Balaban J connectivity index is 1.67. The van der Waals surface area contributed by atoms with Crippen molar-refractivity contribution in [1.29, 1.82) is 0 Å². The van der Waals surface area contributed by atoms with E-state index in [-0.39, 0.29) is 17.6 Å². The lowest BCUT2D eigenvalue weighted by atomic mass is 9.90. The third-order valence-corrected chi connectivity index (χ3v) is 7.36. The Kier molecular flexibility index (Phi) is 5.98. The first-order chi connectivity index (χ1) is 14.0. The summed E-state index contributed by atoms with van der Waals surface area (Å²) in [4.78, 5) is 15.4. The zero-order valence-corrected chi connectivity index (χ0v) is 19.1. The highest BCUT2D eigenvalue weighted by atomic mass is 79.9. The lowest BCUT2D eigenvalue weighted by Gasteiger charge is -2.18. The van der Waals surface area contributed by atoms with Crippen LogP contribution in [0, 0.1) is 12.8 Å². The molecule has 1 N–H and O–H groups in total. The van der Waals surface area contributed by atoms with E-state index < -0.39 is 5.63 Å². The molecule has 2 heterocycles. The summed E-state index contributed by atoms with van der Waals surface area (Å²) in [6, 6.07) is 14.0. The maximum absolute atomic E-state index is 13.0. The molecule has 3 aromatic rings. The summed E-state index contributed by atoms with van der Waals surface area (Å²) in [6.07, 6.45) is 3.77. The third kappa shape index (κ3) is 4.51. The van der Waals surface area contributed by atoms with Crippen molar-refractivity contribution in [1.82, 2.24) is 0 Å². The summed E-state index contributed by atoms with van der Waals surface area (Å²) >= 11 is 5.16. The van der Waals surface area contributed by atoms with Crippen LogP contribution >= 0.6 is 27.3 Å². The zero-order chi connectivity index (χ0) is 20.5. The summed E-state index contributed by atoms with van der Waals surface area (Å²) in [7, 11) is 0. The zero-order valence-electron chi connectivity index (χ0n) is 16.7. The summed E-state index contributed by atoms with van der Waals surface area (Å²) in [5, 5.41) is 10.9. The summed E-state index contributed by atoms with van der Waals surface area (Å²) in [5.41, 5.74) is 1.21. The van der Waals surface area contributed by atoms with Gasteiger partial charge in [-0.2, -0.15) is 0 Å². The molecule has 5 heteroatoms. The number of hydrogen-bond acceptors (Lipinski definition) is 4. The van der Waals surface area contributed by atoms with Crippen LogP contribution in [0.4, 0.5) is 0 Å². The van der Waals surface area contributed by atoms with Crippen LogP contribution in [0.5, 0.6) is 5.75 Å². The molecule has 3 nitrogen and oxygen atoms in total. The van der Waals surface area contributed by atoms with Gasteiger partial charge in [0, 0.05) is 32.1 Å². The summed E-state index contributed by atoms with van der Waals surface area (Å²) in [6.45, 7) is 4.15. The smallest absolute Gasteiger partial charge is 0.343 e. The van der Waals surface area contributed by atoms with E-state index in [4.69, 9.17) is 4.42 Å². The van der Waals surface area contributed by atoms with Crippen molar-refractivity contribution in [2.75, 3.05) is 0 Å². The fourth-order valence-corrected chi connectivity index (χ4v) is 5.35. The van der Waals surface area contributed by atoms with Gasteiger partial charge in [-0.05, 0) is 68.4 Å². The van der Waals surface area contributed by atoms with Crippen LogP contribution in [-0.4, -0.2) is 5.11 Å². The number of thiophene rings is 1. The Morgan fingerprint density at radius 3 is 2.48 bits per heavy atom. The van der Waals surface area contributed by atoms with Crippen molar-refractivity contribution in [3.05, 3.63) is 84.0 Å². The molecule has 1 saturated carbocycles. The third-order valence-electron chi connectivity index (χ3n) is 5.75. The van der Waals surface area contributed by atoms with E-state index in [2.05, 4.69) is 54.0 Å². The predicted molar refractivity (Wildman–Crippen MR) is 121 cm³/mol. The first kappa shape index (κ1) is 20.4. The molecule has 29 heavy (non-hydrogen) atoms. The van der Waals surface area contributed by atoms with Gasteiger partial charge in [-0.25, -0.2) is 4.79 Å². The minimum Gasteiger partial charge on any atom is -0.507 e. The molecule has 0 spiro atoms. The molecule has 1 aliphatic carbocycles. The van der Waals surface area contributed by atoms with Crippen LogP contribution in [0.25, 0.3) is 0 Å². The molecule has 0 saturated heterocycles. The van der Waals surface area contributed by atoms with Crippen molar-refractivity contribution < 1.29 is 9.52 Å². The van der Waals surface area contributed by atoms with Gasteiger partial charge in [-0.1, -0.05) is 35.0 Å². The van der Waals surface area contributed by atoms with Crippen LogP contribution in [0.15, 0.2) is 56.1 Å². The van der Waals surface area contributed by atoms with Gasteiger partial charge in [0.05, 0.1) is 5.56 Å². The van der Waals surface area contributed by atoms with Gasteiger partial charge < -0.3 is 9.52 Å². The second-order valence-electron chi connectivity index (χ2n) is 7.93. The number of aromatic hydroxyl groups is 1. The highest BCUT2D eigenvalue weighted by Gasteiger charge is 2.38. The van der Waals surface area contributed by atoms with Crippen LogP contribution in [0.1, 0.15) is 64.7 Å². The lowest BCUT2D eigenvalue weighted by molar-refractivity contribution is 0.380. The molecule has 0 bridgehead atoms. The Morgan fingerprint density at radius 1 is 1.21 bits per heavy atom. The maximum atomic E-state index is 13.0. The van der Waals surface area contributed by atoms with Gasteiger partial charge in [-0.15, -0.1) is 11.3 Å². The largest absolute Gasteiger partial charge is 0.507 e.